The highest BCUT2D eigenvalue weighted by atomic mass is 32.2. The number of ether oxygens (including phenoxy) is 2. The molecule has 1 N–H and O–H groups in total. The Bertz CT molecular complexity index is 1250. The number of furan rings is 1. The lowest BCUT2D eigenvalue weighted by Crippen LogP contribution is -2.24. The van der Waals surface area contributed by atoms with E-state index in [0.717, 1.165) is 25.9 Å². The maximum absolute atomic E-state index is 13.1. The number of nitrogens with one attached hydrogen (secondary N) is 1. The number of amides is 1. The van der Waals surface area contributed by atoms with Gasteiger partial charge in [-0.3, -0.25) is 4.79 Å². The summed E-state index contributed by atoms with van der Waals surface area (Å²) in [5, 5.41) is 13.0. The molecule has 0 atom stereocenters. The number of rotatable bonds is 6. The van der Waals surface area contributed by atoms with Crippen LogP contribution in [0, 0.1) is 6.92 Å². The summed E-state index contributed by atoms with van der Waals surface area (Å²) in [4.78, 5) is 13.1. The molecule has 9 heteroatoms. The number of benzene rings is 2. The van der Waals surface area contributed by atoms with Crippen molar-refractivity contribution in [3.8, 4) is 11.5 Å². The monoisotopic (exact) mass is 453 g/mol. The molecule has 1 aliphatic heterocycles. The Hall–Kier alpha value is -3.04. The van der Waals surface area contributed by atoms with Crippen molar-refractivity contribution in [1.82, 2.24) is 15.5 Å². The van der Waals surface area contributed by atoms with Gasteiger partial charge in [0.15, 0.2) is 21.6 Å². The van der Waals surface area contributed by atoms with Crippen molar-refractivity contribution in [2.75, 3.05) is 13.2 Å². The van der Waals surface area contributed by atoms with Crippen molar-refractivity contribution in [2.45, 2.75) is 23.6 Å². The maximum Gasteiger partial charge on any atom is 0.287 e. The third-order valence-corrected chi connectivity index (χ3v) is 6.84. The van der Waals surface area contributed by atoms with Gasteiger partial charge < -0.3 is 19.2 Å². The maximum atomic E-state index is 13.1. The van der Waals surface area contributed by atoms with Gasteiger partial charge in [0.1, 0.15) is 23.8 Å². The quantitative estimate of drug-likeness (QED) is 0.428. The number of carbonyl (C=O) groups excluding carboxylic acids is 1. The van der Waals surface area contributed by atoms with Crippen LogP contribution in [0.5, 0.6) is 11.5 Å². The van der Waals surface area contributed by atoms with Gasteiger partial charge in [0.05, 0.1) is 0 Å². The zero-order valence-electron chi connectivity index (χ0n) is 16.7. The molecule has 1 amide bonds. The van der Waals surface area contributed by atoms with Crippen molar-refractivity contribution in [3.63, 3.8) is 0 Å². The molecule has 5 rings (SSSR count). The number of carbonyl (C=O) groups is 1. The van der Waals surface area contributed by atoms with Crippen LogP contribution in [0.2, 0.25) is 0 Å². The van der Waals surface area contributed by atoms with E-state index in [4.69, 9.17) is 13.9 Å². The lowest BCUT2D eigenvalue weighted by Gasteiger charge is -2.21. The van der Waals surface area contributed by atoms with E-state index in [9.17, 15) is 4.79 Å². The van der Waals surface area contributed by atoms with Crippen LogP contribution >= 0.6 is 23.1 Å². The molecule has 0 spiro atoms. The minimum atomic E-state index is -0.269. The van der Waals surface area contributed by atoms with Gasteiger partial charge in [0, 0.05) is 28.8 Å². The van der Waals surface area contributed by atoms with Crippen LogP contribution in [0.1, 0.15) is 26.7 Å². The zero-order valence-corrected chi connectivity index (χ0v) is 18.3. The second kappa shape index (κ2) is 8.60. The van der Waals surface area contributed by atoms with Gasteiger partial charge in [0.2, 0.25) is 0 Å². The molecule has 2 aromatic heterocycles. The van der Waals surface area contributed by atoms with Gasteiger partial charge in [-0.05, 0) is 19.1 Å². The van der Waals surface area contributed by atoms with Crippen LogP contribution in [0.25, 0.3) is 11.0 Å². The van der Waals surface area contributed by atoms with E-state index in [1.165, 1.54) is 11.3 Å². The van der Waals surface area contributed by atoms with E-state index in [2.05, 4.69) is 15.5 Å². The second-order valence-electron chi connectivity index (χ2n) is 6.91. The minimum absolute atomic E-state index is 0.269. The van der Waals surface area contributed by atoms with Gasteiger partial charge in [-0.1, -0.05) is 53.4 Å². The molecule has 0 radical (unpaired) electrons. The van der Waals surface area contributed by atoms with Crippen LogP contribution < -0.4 is 14.8 Å². The van der Waals surface area contributed by atoms with E-state index in [-0.39, 0.29) is 5.91 Å². The number of hydrogen-bond donors (Lipinski definition) is 1. The minimum Gasteiger partial charge on any atom is -0.486 e. The van der Waals surface area contributed by atoms with Crippen LogP contribution in [0.3, 0.4) is 0 Å². The van der Waals surface area contributed by atoms with Crippen molar-refractivity contribution in [2.24, 2.45) is 0 Å². The van der Waals surface area contributed by atoms with Crippen LogP contribution in [0.15, 0.2) is 51.2 Å². The van der Waals surface area contributed by atoms with Crippen molar-refractivity contribution in [1.29, 1.82) is 0 Å². The molecule has 7 nitrogen and oxygen atoms in total. The molecule has 1 aliphatic rings. The lowest BCUT2D eigenvalue weighted by atomic mass is 10.1. The van der Waals surface area contributed by atoms with Gasteiger partial charge in [-0.2, -0.15) is 0 Å². The summed E-state index contributed by atoms with van der Waals surface area (Å²) in [6.45, 7) is 3.25. The summed E-state index contributed by atoms with van der Waals surface area (Å²) in [6.07, 6.45) is 0. The van der Waals surface area contributed by atoms with E-state index in [1.807, 2.05) is 49.4 Å². The van der Waals surface area contributed by atoms with E-state index in [1.54, 1.807) is 11.8 Å². The average Bonchev–Trinajstić information content (AvgIpc) is 3.39. The highest BCUT2D eigenvalue weighted by Gasteiger charge is 2.22. The molecular weight excluding hydrogens is 434 g/mol. The summed E-state index contributed by atoms with van der Waals surface area (Å²) in [5.41, 5.74) is 2.40. The summed E-state index contributed by atoms with van der Waals surface area (Å²) in [5.74, 6) is 1.99. The number of aryl methyl sites for hydroxylation is 1. The number of hydrogen-bond acceptors (Lipinski definition) is 8. The highest BCUT2D eigenvalue weighted by Crippen LogP contribution is 2.35. The molecule has 0 saturated heterocycles. The van der Waals surface area contributed by atoms with E-state index >= 15 is 0 Å². The van der Waals surface area contributed by atoms with Crippen LogP contribution in [-0.4, -0.2) is 29.3 Å². The summed E-state index contributed by atoms with van der Waals surface area (Å²) in [6, 6.07) is 13.3. The third kappa shape index (κ3) is 4.11. The fraction of sp³-hybridized carbons (Fsp3) is 0.227. The zero-order chi connectivity index (χ0) is 21.2. The number of fused-ring (bicyclic) bond motifs is 2. The summed E-state index contributed by atoms with van der Waals surface area (Å²) in [7, 11) is 0. The Balaban J connectivity index is 1.38. The smallest absolute Gasteiger partial charge is 0.287 e. The highest BCUT2D eigenvalue weighted by molar-refractivity contribution is 8.00. The van der Waals surface area contributed by atoms with Crippen LogP contribution in [-0.2, 0) is 12.3 Å². The molecule has 0 aliphatic carbocycles. The van der Waals surface area contributed by atoms with Crippen molar-refractivity contribution >= 4 is 40.0 Å². The predicted octanol–water partition coefficient (Wildman–Crippen LogP) is 4.59. The first kappa shape index (κ1) is 19.9. The fourth-order valence-electron chi connectivity index (χ4n) is 3.43. The van der Waals surface area contributed by atoms with Crippen molar-refractivity contribution < 1.29 is 18.7 Å². The Kier molecular flexibility index (Phi) is 5.52. The first-order chi connectivity index (χ1) is 15.2. The van der Waals surface area contributed by atoms with E-state index < -0.39 is 0 Å². The fourth-order valence-corrected chi connectivity index (χ4v) is 5.27. The SMILES string of the molecule is Cc1nnc(SCc2c(C(=O)NCc3cccc4c3OCCO4)oc3ccccc23)s1. The molecule has 2 aromatic carbocycles. The number of para-hydroxylation sites is 2. The molecule has 0 bridgehead atoms. The standard InChI is InChI=1S/C22H19N3O4S2/c1-13-24-25-22(31-13)30-12-16-15-6-2-3-7-17(15)29-20(16)21(26)23-11-14-5-4-8-18-19(14)28-10-9-27-18/h2-8H,9-12H2,1H3,(H,23,26). The molecule has 0 saturated carbocycles. The Morgan fingerprint density at radius 1 is 1.13 bits per heavy atom. The normalized spacial score (nSPS) is 12.8. The number of aromatic nitrogens is 2. The van der Waals surface area contributed by atoms with Crippen LogP contribution in [0.4, 0.5) is 0 Å². The number of nitrogens with zero attached hydrogens (tertiary/aromatic N) is 2. The predicted molar refractivity (Wildman–Crippen MR) is 119 cm³/mol. The van der Waals surface area contributed by atoms with Crippen molar-refractivity contribution in [3.05, 3.63) is 64.4 Å². The molecule has 31 heavy (non-hydrogen) atoms. The summed E-state index contributed by atoms with van der Waals surface area (Å²) >= 11 is 3.08. The second-order valence-corrected chi connectivity index (χ2v) is 9.31. The molecule has 158 valence electrons. The Morgan fingerprint density at radius 2 is 2.00 bits per heavy atom. The molecule has 4 aromatic rings. The summed E-state index contributed by atoms with van der Waals surface area (Å²) < 4.78 is 18.2. The Labute approximate surface area is 186 Å². The number of thioether (sulfide) groups is 1. The lowest BCUT2D eigenvalue weighted by molar-refractivity contribution is 0.0923. The van der Waals surface area contributed by atoms with Gasteiger partial charge in [0.25, 0.3) is 5.91 Å². The Morgan fingerprint density at radius 3 is 2.87 bits per heavy atom. The molecule has 3 heterocycles. The van der Waals surface area contributed by atoms with E-state index in [0.29, 0.717) is 48.4 Å². The first-order valence-electron chi connectivity index (χ1n) is 9.78. The largest absolute Gasteiger partial charge is 0.486 e. The first-order valence-corrected chi connectivity index (χ1v) is 11.6. The topological polar surface area (TPSA) is 86.5 Å². The van der Waals surface area contributed by atoms with Gasteiger partial charge in [-0.15, -0.1) is 10.2 Å². The molecule has 0 unspecified atom stereocenters. The molecule has 0 fully saturated rings. The van der Waals surface area contributed by atoms with Gasteiger partial charge in [-0.25, -0.2) is 0 Å². The molecular formula is C22H19N3O4S2. The average molecular weight is 454 g/mol. The van der Waals surface area contributed by atoms with Gasteiger partial charge >= 0.3 is 0 Å². The third-order valence-electron chi connectivity index (χ3n) is 4.84.